The van der Waals surface area contributed by atoms with Gasteiger partial charge in [-0.05, 0) is 90.3 Å². The molecule has 0 aromatic heterocycles. The lowest BCUT2D eigenvalue weighted by atomic mass is 10.0. The summed E-state index contributed by atoms with van der Waals surface area (Å²) < 4.78 is 17.0. The summed E-state index contributed by atoms with van der Waals surface area (Å²) in [6, 6.07) is 13.5. The van der Waals surface area contributed by atoms with E-state index in [4.69, 9.17) is 19.3 Å². The first-order valence-corrected chi connectivity index (χ1v) is 13.7. The Morgan fingerprint density at radius 3 is 2.44 bits per heavy atom. The van der Waals surface area contributed by atoms with E-state index in [1.807, 2.05) is 77.6 Å². The van der Waals surface area contributed by atoms with E-state index in [0.29, 0.717) is 44.2 Å². The average Bonchev–Trinajstić information content (AvgIpc) is 2.93. The summed E-state index contributed by atoms with van der Waals surface area (Å²) >= 11 is 0. The molecule has 9 nitrogen and oxygen atoms in total. The zero-order valence-corrected chi connectivity index (χ0v) is 24.4. The maximum atomic E-state index is 13.8. The number of nitrogens with one attached hydrogen (secondary N) is 1. The fourth-order valence-corrected chi connectivity index (χ4v) is 4.32. The fraction of sp³-hybridized carbons (Fsp3) is 0.533. The fourth-order valence-electron chi connectivity index (χ4n) is 4.32. The second-order valence-corrected chi connectivity index (χ2v) is 10.2. The van der Waals surface area contributed by atoms with Crippen molar-refractivity contribution >= 4 is 11.6 Å². The molecule has 0 fully saturated rings. The van der Waals surface area contributed by atoms with Gasteiger partial charge in [0.2, 0.25) is 0 Å². The number of ether oxygens (including phenoxy) is 3. The highest BCUT2D eigenvalue weighted by Gasteiger charge is 2.27. The van der Waals surface area contributed by atoms with E-state index < -0.39 is 0 Å². The molecule has 1 aliphatic heterocycles. The van der Waals surface area contributed by atoms with E-state index in [2.05, 4.69) is 15.1 Å². The molecular weight excluding hydrogens is 494 g/mol. The van der Waals surface area contributed by atoms with E-state index in [9.17, 15) is 4.79 Å². The highest BCUT2D eigenvalue weighted by molar-refractivity contribution is 6.02. The lowest BCUT2D eigenvalue weighted by molar-refractivity contribution is -0.133. The van der Waals surface area contributed by atoms with Crippen molar-refractivity contribution in [3.05, 3.63) is 53.6 Å². The predicted molar refractivity (Wildman–Crippen MR) is 156 cm³/mol. The van der Waals surface area contributed by atoms with Crippen molar-refractivity contribution in [2.75, 3.05) is 74.7 Å². The third-order valence-electron chi connectivity index (χ3n) is 6.49. The molecule has 39 heavy (non-hydrogen) atoms. The van der Waals surface area contributed by atoms with Gasteiger partial charge >= 0.3 is 0 Å². The first kappa shape index (κ1) is 30.4. The average molecular weight is 540 g/mol. The van der Waals surface area contributed by atoms with Gasteiger partial charge in [-0.25, -0.2) is 5.01 Å². The molecule has 0 bridgehead atoms. The number of benzene rings is 2. The highest BCUT2D eigenvalue weighted by Crippen LogP contribution is 2.29. The Bertz CT molecular complexity index is 1070. The molecule has 214 valence electrons. The Labute approximate surface area is 233 Å². The van der Waals surface area contributed by atoms with Crippen LogP contribution in [-0.4, -0.2) is 107 Å². The largest absolute Gasteiger partial charge is 0.493 e. The van der Waals surface area contributed by atoms with E-state index in [1.54, 1.807) is 12.1 Å². The number of rotatable bonds is 15. The molecule has 2 aromatic carbocycles. The monoisotopic (exact) mass is 539 g/mol. The minimum Gasteiger partial charge on any atom is -0.493 e. The quantitative estimate of drug-likeness (QED) is 0.373. The minimum atomic E-state index is -0.386. The second-order valence-electron chi connectivity index (χ2n) is 10.2. The molecule has 1 aliphatic rings. The van der Waals surface area contributed by atoms with Gasteiger partial charge in [-0.15, -0.1) is 0 Å². The number of hydrogen-bond acceptors (Lipinski definition) is 8. The number of hydrazone groups is 1. The molecule has 0 spiro atoms. The van der Waals surface area contributed by atoms with Crippen molar-refractivity contribution in [2.45, 2.75) is 32.2 Å². The van der Waals surface area contributed by atoms with Crippen molar-refractivity contribution in [1.82, 2.24) is 20.1 Å². The number of hydrogen-bond donors (Lipinski definition) is 1. The first-order valence-electron chi connectivity index (χ1n) is 13.7. The molecule has 0 saturated carbocycles. The third-order valence-corrected chi connectivity index (χ3v) is 6.49. The zero-order valence-electron chi connectivity index (χ0n) is 24.4. The molecular formula is C30H45N5O4. The summed E-state index contributed by atoms with van der Waals surface area (Å²) in [5, 5.41) is 9.92. The van der Waals surface area contributed by atoms with Crippen molar-refractivity contribution < 1.29 is 19.0 Å². The first-order chi connectivity index (χ1) is 18.8. The van der Waals surface area contributed by atoms with Gasteiger partial charge in [0.15, 0.2) is 11.5 Å². The lowest BCUT2D eigenvalue weighted by Crippen LogP contribution is -2.48. The van der Waals surface area contributed by atoms with E-state index in [0.717, 1.165) is 48.5 Å². The molecule has 2 aromatic rings. The molecule has 0 aliphatic carbocycles. The molecule has 1 amide bonds. The number of carbonyl (C=O) groups is 1. The lowest BCUT2D eigenvalue weighted by Gasteiger charge is -2.28. The maximum Gasteiger partial charge on any atom is 0.260 e. The summed E-state index contributed by atoms with van der Waals surface area (Å²) in [6.07, 6.45) is 2.22. The molecule has 1 atom stereocenters. The van der Waals surface area contributed by atoms with Crippen LogP contribution in [0.2, 0.25) is 0 Å². The van der Waals surface area contributed by atoms with Gasteiger partial charge in [0.1, 0.15) is 12.4 Å². The number of nitrogens with zero attached hydrogens (tertiary/aromatic N) is 4. The van der Waals surface area contributed by atoms with E-state index in [-0.39, 0.29) is 11.9 Å². The molecule has 0 saturated heterocycles. The van der Waals surface area contributed by atoms with Crippen LogP contribution in [-0.2, 0) is 11.2 Å². The Morgan fingerprint density at radius 1 is 1.03 bits per heavy atom. The van der Waals surface area contributed by atoms with Gasteiger partial charge in [-0.3, -0.25) is 4.79 Å². The van der Waals surface area contributed by atoms with Crippen LogP contribution >= 0.6 is 0 Å². The van der Waals surface area contributed by atoms with Crippen molar-refractivity contribution in [3.8, 4) is 17.2 Å². The Hall–Kier alpha value is -3.14. The van der Waals surface area contributed by atoms with Crippen LogP contribution in [0.4, 0.5) is 0 Å². The summed E-state index contributed by atoms with van der Waals surface area (Å²) in [5.41, 5.74) is 2.89. The highest BCUT2D eigenvalue weighted by atomic mass is 16.5. The number of methoxy groups -OCH3 is 1. The van der Waals surface area contributed by atoms with Gasteiger partial charge in [0.05, 0.1) is 25.5 Å². The Balaban J connectivity index is 1.75. The van der Waals surface area contributed by atoms with Crippen molar-refractivity contribution in [1.29, 1.82) is 0 Å². The second kappa shape index (κ2) is 15.5. The van der Waals surface area contributed by atoms with E-state index >= 15 is 0 Å². The molecule has 1 heterocycles. The maximum absolute atomic E-state index is 13.8. The van der Waals surface area contributed by atoms with Crippen LogP contribution in [0.3, 0.4) is 0 Å². The summed E-state index contributed by atoms with van der Waals surface area (Å²) in [6.45, 7) is 6.12. The van der Waals surface area contributed by atoms with Crippen LogP contribution < -0.4 is 19.5 Å². The van der Waals surface area contributed by atoms with Crippen LogP contribution in [0.5, 0.6) is 17.2 Å². The van der Waals surface area contributed by atoms with Gasteiger partial charge in [-0.2, -0.15) is 5.10 Å². The summed E-state index contributed by atoms with van der Waals surface area (Å²) in [4.78, 5) is 18.0. The number of carbonyl (C=O) groups excluding carboxylic acids is 1. The summed E-state index contributed by atoms with van der Waals surface area (Å²) in [7, 11) is 9.74. The van der Waals surface area contributed by atoms with Crippen LogP contribution in [0, 0.1) is 0 Å². The van der Waals surface area contributed by atoms with Crippen LogP contribution in [0.25, 0.3) is 0 Å². The smallest absolute Gasteiger partial charge is 0.260 e. The van der Waals surface area contributed by atoms with Crippen LogP contribution in [0.1, 0.15) is 30.9 Å². The third kappa shape index (κ3) is 9.53. The van der Waals surface area contributed by atoms with Gasteiger partial charge in [-0.1, -0.05) is 12.1 Å². The zero-order chi connectivity index (χ0) is 28.2. The Morgan fingerprint density at radius 2 is 1.77 bits per heavy atom. The van der Waals surface area contributed by atoms with Gasteiger partial charge in [0, 0.05) is 31.7 Å². The van der Waals surface area contributed by atoms with Crippen molar-refractivity contribution in [3.63, 3.8) is 0 Å². The van der Waals surface area contributed by atoms with E-state index in [1.165, 1.54) is 0 Å². The van der Waals surface area contributed by atoms with Crippen LogP contribution in [0.15, 0.2) is 47.6 Å². The topological polar surface area (TPSA) is 78.9 Å². The standard InChI is InChI=1S/C30H45N5O4/c1-7-38-29-22-24(12-15-28(29)37-6)26-9-8-17-35(32-26)30(36)27(31-16-18-33(2)3)21-23-10-13-25(14-11-23)39-20-19-34(4)5/h10-15,22,27,31H,7-9,16-21H2,1-6H3/t27-/m0/s1. The molecule has 9 heteroatoms. The molecule has 0 unspecified atom stereocenters. The molecule has 3 rings (SSSR count). The Kier molecular flexibility index (Phi) is 12.0. The SMILES string of the molecule is CCOc1cc(C2=NN(C(=O)[C@H](Cc3ccc(OCCN(C)C)cc3)NCCN(C)C)CCC2)ccc1OC. The molecule has 1 N–H and O–H groups in total. The number of likely N-dealkylation sites (N-methyl/N-ethyl adjacent to an activating group) is 2. The van der Waals surface area contributed by atoms with Gasteiger partial charge < -0.3 is 29.3 Å². The summed E-state index contributed by atoms with van der Waals surface area (Å²) in [5.74, 6) is 2.18. The number of amides is 1. The minimum absolute atomic E-state index is 0.0178. The van der Waals surface area contributed by atoms with Gasteiger partial charge in [0.25, 0.3) is 5.91 Å². The normalized spacial score (nSPS) is 14.4. The van der Waals surface area contributed by atoms with Crippen molar-refractivity contribution in [2.24, 2.45) is 5.10 Å². The predicted octanol–water partition coefficient (Wildman–Crippen LogP) is 3.12. The molecule has 0 radical (unpaired) electrons.